The van der Waals surface area contributed by atoms with E-state index in [0.29, 0.717) is 18.9 Å². The molecule has 0 amide bonds. The molecule has 15 heavy (non-hydrogen) atoms. The lowest BCUT2D eigenvalue weighted by Crippen LogP contribution is -2.46. The normalized spacial score (nSPS) is 23.0. The molecule has 1 fully saturated rings. The van der Waals surface area contributed by atoms with Crippen LogP contribution in [0.25, 0.3) is 0 Å². The van der Waals surface area contributed by atoms with Crippen LogP contribution < -0.4 is 0 Å². The minimum Gasteiger partial charge on any atom is -0.480 e. The van der Waals surface area contributed by atoms with Crippen LogP contribution in [0.15, 0.2) is 0 Å². The number of carbonyl (C=O) groups is 1. The molecule has 1 aliphatic heterocycles. The van der Waals surface area contributed by atoms with E-state index in [-0.39, 0.29) is 0 Å². The third kappa shape index (κ3) is 2.29. The van der Waals surface area contributed by atoms with Crippen LogP contribution in [-0.2, 0) is 4.79 Å². The van der Waals surface area contributed by atoms with Crippen molar-refractivity contribution in [3.63, 3.8) is 0 Å². The molecule has 0 aromatic rings. The molecule has 0 saturated carbocycles. The van der Waals surface area contributed by atoms with E-state index in [1.54, 1.807) is 0 Å². The lowest BCUT2D eigenvalue weighted by atomic mass is 9.79. The number of hydrogen-bond donors (Lipinski definition) is 1. The zero-order valence-corrected chi connectivity index (χ0v) is 9.36. The van der Waals surface area contributed by atoms with Crippen LogP contribution in [0.4, 0.5) is 0 Å². The molecule has 0 aromatic heterocycles. The predicted octanol–water partition coefficient (Wildman–Crippen LogP) is 1.48. The average molecular weight is 210 g/mol. The van der Waals surface area contributed by atoms with Crippen LogP contribution in [0.1, 0.15) is 33.1 Å². The van der Waals surface area contributed by atoms with Gasteiger partial charge in [-0.05, 0) is 26.2 Å². The van der Waals surface area contributed by atoms with Crippen molar-refractivity contribution in [2.24, 2.45) is 5.41 Å². The zero-order chi connectivity index (χ0) is 11.5. The van der Waals surface area contributed by atoms with E-state index in [4.69, 9.17) is 10.4 Å². The fraction of sp³-hybridized carbons (Fsp3) is 0.818. The predicted molar refractivity (Wildman–Crippen MR) is 56.2 cm³/mol. The molecule has 0 spiro atoms. The Morgan fingerprint density at radius 1 is 1.60 bits per heavy atom. The topological polar surface area (TPSA) is 64.3 Å². The molecule has 0 radical (unpaired) electrons. The van der Waals surface area contributed by atoms with Gasteiger partial charge in [-0.1, -0.05) is 6.92 Å². The number of piperidine rings is 1. The Kier molecular flexibility index (Phi) is 3.70. The minimum atomic E-state index is -1.13. The maximum absolute atomic E-state index is 11.0. The van der Waals surface area contributed by atoms with Crippen molar-refractivity contribution in [1.82, 2.24) is 4.90 Å². The maximum atomic E-state index is 11.0. The van der Waals surface area contributed by atoms with Gasteiger partial charge in [0.1, 0.15) is 0 Å². The van der Waals surface area contributed by atoms with Gasteiger partial charge >= 0.3 is 5.97 Å². The fourth-order valence-corrected chi connectivity index (χ4v) is 1.98. The second-order valence-corrected chi connectivity index (χ2v) is 4.29. The van der Waals surface area contributed by atoms with Gasteiger partial charge in [0.25, 0.3) is 0 Å². The van der Waals surface area contributed by atoms with E-state index in [1.807, 2.05) is 6.07 Å². The van der Waals surface area contributed by atoms with Crippen molar-refractivity contribution < 1.29 is 9.90 Å². The lowest BCUT2D eigenvalue weighted by Gasteiger charge is -2.37. The van der Waals surface area contributed by atoms with Crippen molar-refractivity contribution in [3.8, 4) is 6.07 Å². The van der Waals surface area contributed by atoms with Crippen LogP contribution in [-0.4, -0.2) is 35.1 Å². The summed E-state index contributed by atoms with van der Waals surface area (Å²) in [6.45, 7) is 5.69. The number of carboxylic acid groups (broad SMARTS) is 1. The number of nitrogens with zero attached hydrogens (tertiary/aromatic N) is 2. The highest BCUT2D eigenvalue weighted by Crippen LogP contribution is 2.31. The molecule has 1 rings (SSSR count). The molecule has 84 valence electrons. The minimum absolute atomic E-state index is 0.448. The Bertz CT molecular complexity index is 275. The molecule has 1 aliphatic rings. The highest BCUT2D eigenvalue weighted by Gasteiger charge is 2.42. The molecule has 4 heteroatoms. The number of likely N-dealkylation sites (tertiary alicyclic amines) is 1. The zero-order valence-electron chi connectivity index (χ0n) is 9.36. The van der Waals surface area contributed by atoms with Crippen LogP contribution >= 0.6 is 0 Å². The summed E-state index contributed by atoms with van der Waals surface area (Å²) in [5.41, 5.74) is -1.13. The lowest BCUT2D eigenvalue weighted by molar-refractivity contribution is -0.148. The van der Waals surface area contributed by atoms with E-state index in [0.717, 1.165) is 19.5 Å². The Balaban J connectivity index is 2.62. The standard InChI is InChI=1S/C11H18N2O2/c1-3-9(2)13-6-4-11(8-12,5-7-13)10(14)15/h9H,3-7H2,1-2H3,(H,14,15). The maximum Gasteiger partial charge on any atom is 0.324 e. The van der Waals surface area contributed by atoms with Crippen LogP contribution in [0.2, 0.25) is 0 Å². The quantitative estimate of drug-likeness (QED) is 0.766. The summed E-state index contributed by atoms with van der Waals surface area (Å²) < 4.78 is 0. The summed E-state index contributed by atoms with van der Waals surface area (Å²) in [6.07, 6.45) is 1.96. The molecule has 4 nitrogen and oxygen atoms in total. The number of rotatable bonds is 3. The summed E-state index contributed by atoms with van der Waals surface area (Å²) in [5, 5.41) is 18.0. The smallest absolute Gasteiger partial charge is 0.324 e. The second-order valence-electron chi connectivity index (χ2n) is 4.29. The van der Waals surface area contributed by atoms with Crippen molar-refractivity contribution in [3.05, 3.63) is 0 Å². The van der Waals surface area contributed by atoms with Crippen molar-refractivity contribution in [2.75, 3.05) is 13.1 Å². The van der Waals surface area contributed by atoms with Crippen LogP contribution in [0.3, 0.4) is 0 Å². The molecule has 1 saturated heterocycles. The van der Waals surface area contributed by atoms with Crippen LogP contribution in [0, 0.1) is 16.7 Å². The van der Waals surface area contributed by atoms with Gasteiger partial charge in [0, 0.05) is 19.1 Å². The summed E-state index contributed by atoms with van der Waals surface area (Å²) >= 11 is 0. The SMILES string of the molecule is CCC(C)N1CCC(C#N)(C(=O)O)CC1. The third-order valence-corrected chi connectivity index (χ3v) is 3.49. The average Bonchev–Trinajstić information content (AvgIpc) is 2.28. The third-order valence-electron chi connectivity index (χ3n) is 3.49. The van der Waals surface area contributed by atoms with Gasteiger partial charge in [0.05, 0.1) is 6.07 Å². The van der Waals surface area contributed by atoms with Gasteiger partial charge in [0.2, 0.25) is 0 Å². The Labute approximate surface area is 90.5 Å². The van der Waals surface area contributed by atoms with E-state index in [9.17, 15) is 4.79 Å². The fourth-order valence-electron chi connectivity index (χ4n) is 1.98. The Morgan fingerprint density at radius 2 is 2.13 bits per heavy atom. The first-order chi connectivity index (χ1) is 7.05. The van der Waals surface area contributed by atoms with Crippen molar-refractivity contribution >= 4 is 5.97 Å². The summed E-state index contributed by atoms with van der Waals surface area (Å²) in [6, 6.07) is 2.45. The molecule has 1 unspecified atom stereocenters. The molecular formula is C11H18N2O2. The first-order valence-electron chi connectivity index (χ1n) is 5.44. The van der Waals surface area contributed by atoms with Gasteiger partial charge in [0.15, 0.2) is 5.41 Å². The van der Waals surface area contributed by atoms with Crippen molar-refractivity contribution in [1.29, 1.82) is 5.26 Å². The summed E-state index contributed by atoms with van der Waals surface area (Å²) in [7, 11) is 0. The van der Waals surface area contributed by atoms with Gasteiger partial charge in [-0.25, -0.2) is 0 Å². The second kappa shape index (κ2) is 4.63. The monoisotopic (exact) mass is 210 g/mol. The molecular weight excluding hydrogens is 192 g/mol. The van der Waals surface area contributed by atoms with Gasteiger partial charge in [-0.2, -0.15) is 5.26 Å². The first-order valence-corrected chi connectivity index (χ1v) is 5.44. The Hall–Kier alpha value is -1.08. The van der Waals surface area contributed by atoms with E-state index >= 15 is 0 Å². The van der Waals surface area contributed by atoms with E-state index in [1.165, 1.54) is 0 Å². The first kappa shape index (κ1) is 12.0. The van der Waals surface area contributed by atoms with Gasteiger partial charge in [-0.15, -0.1) is 0 Å². The number of nitriles is 1. The molecule has 1 atom stereocenters. The molecule has 1 N–H and O–H groups in total. The van der Waals surface area contributed by atoms with Crippen molar-refractivity contribution in [2.45, 2.75) is 39.2 Å². The van der Waals surface area contributed by atoms with E-state index in [2.05, 4.69) is 18.7 Å². The highest BCUT2D eigenvalue weighted by molar-refractivity contribution is 5.78. The Morgan fingerprint density at radius 3 is 2.47 bits per heavy atom. The number of aliphatic carboxylic acids is 1. The summed E-state index contributed by atoms with van der Waals surface area (Å²) in [4.78, 5) is 13.3. The van der Waals surface area contributed by atoms with Gasteiger partial charge in [-0.3, -0.25) is 4.79 Å². The number of carboxylic acids is 1. The van der Waals surface area contributed by atoms with Gasteiger partial charge < -0.3 is 10.0 Å². The van der Waals surface area contributed by atoms with Crippen LogP contribution in [0.5, 0.6) is 0 Å². The largest absolute Gasteiger partial charge is 0.480 e. The molecule has 0 aromatic carbocycles. The van der Waals surface area contributed by atoms with E-state index < -0.39 is 11.4 Å². The molecule has 0 bridgehead atoms. The molecule has 1 heterocycles. The highest BCUT2D eigenvalue weighted by atomic mass is 16.4. The summed E-state index contributed by atoms with van der Waals surface area (Å²) in [5.74, 6) is -0.964. The number of hydrogen-bond acceptors (Lipinski definition) is 3. The molecule has 0 aliphatic carbocycles.